The maximum absolute atomic E-state index is 13.0. The third kappa shape index (κ3) is 31.1. The predicted molar refractivity (Wildman–Crippen MR) is 238 cm³/mol. The van der Waals surface area contributed by atoms with Gasteiger partial charge in [0.1, 0.15) is 0 Å². The molecule has 0 fully saturated rings. The van der Waals surface area contributed by atoms with Gasteiger partial charge in [-0.15, -0.1) is 0 Å². The summed E-state index contributed by atoms with van der Waals surface area (Å²) >= 11 is 0. The molecule has 0 aliphatic heterocycles. The van der Waals surface area contributed by atoms with Crippen molar-refractivity contribution in [3.63, 3.8) is 0 Å². The van der Waals surface area contributed by atoms with Gasteiger partial charge < -0.3 is 18.9 Å². The molecular weight excluding hydrogens is 695 g/mol. The number of esters is 2. The summed E-state index contributed by atoms with van der Waals surface area (Å²) in [7, 11) is 0. The Morgan fingerprint density at radius 1 is 0.482 bits per heavy atom. The molecule has 2 unspecified atom stereocenters. The van der Waals surface area contributed by atoms with Gasteiger partial charge in [-0.3, -0.25) is 9.59 Å². The topological polar surface area (TPSA) is 73.7 Å². The number of carbonyl (C=O) groups is 2. The van der Waals surface area contributed by atoms with Gasteiger partial charge in [0.15, 0.2) is 0 Å². The third-order valence-electron chi connectivity index (χ3n) is 11.8. The van der Waals surface area contributed by atoms with Crippen molar-refractivity contribution >= 4 is 11.9 Å². The van der Waals surface area contributed by atoms with Crippen LogP contribution in [0.3, 0.4) is 0 Å². The van der Waals surface area contributed by atoms with Crippen molar-refractivity contribution in [1.82, 2.24) is 14.5 Å². The van der Waals surface area contributed by atoms with Crippen LogP contribution < -0.4 is 0 Å². The number of unbranched alkanes of at least 4 members (excludes halogenated alkanes) is 22. The van der Waals surface area contributed by atoms with Crippen molar-refractivity contribution < 1.29 is 19.1 Å². The van der Waals surface area contributed by atoms with E-state index in [4.69, 9.17) is 9.47 Å². The lowest BCUT2D eigenvalue weighted by Crippen LogP contribution is -2.29. The predicted octanol–water partition coefficient (Wildman–Crippen LogP) is 14.1. The molecule has 0 radical (unpaired) electrons. The largest absolute Gasteiger partial charge is 0.465 e. The highest BCUT2D eigenvalue weighted by atomic mass is 16.5. The number of ether oxygens (including phenoxy) is 2. The van der Waals surface area contributed by atoms with Crippen molar-refractivity contribution in [3.8, 4) is 0 Å². The first-order valence-electron chi connectivity index (χ1n) is 24.6. The molecule has 0 saturated heterocycles. The zero-order valence-electron chi connectivity index (χ0n) is 37.7. The van der Waals surface area contributed by atoms with Crippen molar-refractivity contribution in [2.45, 2.75) is 240 Å². The summed E-state index contributed by atoms with van der Waals surface area (Å²) in [6.07, 6.45) is 43.6. The van der Waals surface area contributed by atoms with E-state index in [1.807, 2.05) is 18.7 Å². The molecule has 0 aliphatic carbocycles. The first-order valence-corrected chi connectivity index (χ1v) is 24.6. The molecule has 1 heterocycles. The number of nitrogens with zero attached hydrogens (tertiary/aromatic N) is 3. The second-order valence-corrected chi connectivity index (χ2v) is 17.0. The van der Waals surface area contributed by atoms with Crippen LogP contribution in [0.1, 0.15) is 233 Å². The van der Waals surface area contributed by atoms with E-state index in [-0.39, 0.29) is 23.8 Å². The van der Waals surface area contributed by atoms with Gasteiger partial charge in [0.25, 0.3) is 0 Å². The molecule has 0 N–H and O–H groups in total. The van der Waals surface area contributed by atoms with Gasteiger partial charge in [-0.05, 0) is 64.5 Å². The minimum atomic E-state index is 0.0596. The molecule has 2 atom stereocenters. The lowest BCUT2D eigenvalue weighted by Gasteiger charge is -2.22. The summed E-state index contributed by atoms with van der Waals surface area (Å²) in [5.41, 5.74) is 0. The van der Waals surface area contributed by atoms with Crippen LogP contribution in [-0.4, -0.2) is 59.2 Å². The summed E-state index contributed by atoms with van der Waals surface area (Å²) in [6.45, 7) is 14.3. The monoisotopic (exact) mass is 788 g/mol. The van der Waals surface area contributed by atoms with Crippen molar-refractivity contribution in [1.29, 1.82) is 0 Å². The molecule has 56 heavy (non-hydrogen) atoms. The van der Waals surface area contributed by atoms with E-state index >= 15 is 0 Å². The second kappa shape index (κ2) is 39.9. The van der Waals surface area contributed by atoms with Crippen LogP contribution in [0, 0.1) is 11.8 Å². The Labute approximate surface area is 347 Å². The fourth-order valence-electron chi connectivity index (χ4n) is 7.91. The number of aromatic nitrogens is 2. The minimum Gasteiger partial charge on any atom is -0.465 e. The van der Waals surface area contributed by atoms with Crippen molar-refractivity contribution in [2.24, 2.45) is 11.8 Å². The Hall–Kier alpha value is -1.89. The molecule has 1 rings (SSSR count). The summed E-state index contributed by atoms with van der Waals surface area (Å²) in [5, 5.41) is 0. The Kier molecular flexibility index (Phi) is 37.2. The number of hydrogen-bond donors (Lipinski definition) is 0. The fourth-order valence-corrected chi connectivity index (χ4v) is 7.91. The zero-order chi connectivity index (χ0) is 40.6. The molecule has 0 bridgehead atoms. The minimum absolute atomic E-state index is 0.0596. The zero-order valence-corrected chi connectivity index (χ0v) is 37.7. The van der Waals surface area contributed by atoms with Gasteiger partial charge in [0.05, 0.1) is 31.4 Å². The second-order valence-electron chi connectivity index (χ2n) is 17.0. The molecule has 7 nitrogen and oxygen atoms in total. The number of rotatable bonds is 43. The van der Waals surface area contributed by atoms with E-state index in [0.29, 0.717) is 13.2 Å². The first-order chi connectivity index (χ1) is 27.5. The highest BCUT2D eigenvalue weighted by molar-refractivity contribution is 5.72. The van der Waals surface area contributed by atoms with Gasteiger partial charge >= 0.3 is 11.9 Å². The first kappa shape index (κ1) is 52.1. The fraction of sp³-hybridized carbons (Fsp3) is 0.898. The van der Waals surface area contributed by atoms with Crippen LogP contribution >= 0.6 is 0 Å². The average molecular weight is 788 g/mol. The van der Waals surface area contributed by atoms with Gasteiger partial charge in [-0.25, -0.2) is 4.98 Å². The lowest BCUT2D eigenvalue weighted by atomic mass is 9.94. The van der Waals surface area contributed by atoms with Gasteiger partial charge in [-0.2, -0.15) is 0 Å². The normalized spacial score (nSPS) is 12.7. The number of carbonyl (C=O) groups excluding carboxylic acids is 2. The molecule has 0 spiro atoms. The van der Waals surface area contributed by atoms with E-state index in [2.05, 4.69) is 42.1 Å². The molecular formula is C49H93N3O4. The summed E-state index contributed by atoms with van der Waals surface area (Å²) < 4.78 is 13.9. The summed E-state index contributed by atoms with van der Waals surface area (Å²) in [5.74, 6) is 0.303. The van der Waals surface area contributed by atoms with Crippen molar-refractivity contribution in [2.75, 3.05) is 32.8 Å². The van der Waals surface area contributed by atoms with Crippen LogP contribution in [0.4, 0.5) is 0 Å². The Morgan fingerprint density at radius 2 is 0.839 bits per heavy atom. The Balaban J connectivity index is 2.36. The lowest BCUT2D eigenvalue weighted by molar-refractivity contribution is -0.150. The van der Waals surface area contributed by atoms with E-state index in [1.165, 1.54) is 128 Å². The highest BCUT2D eigenvalue weighted by Gasteiger charge is 2.20. The Morgan fingerprint density at radius 3 is 1.23 bits per heavy atom. The van der Waals surface area contributed by atoms with Gasteiger partial charge in [0.2, 0.25) is 0 Å². The molecule has 0 amide bonds. The van der Waals surface area contributed by atoms with E-state index < -0.39 is 0 Å². The summed E-state index contributed by atoms with van der Waals surface area (Å²) in [6, 6.07) is 0. The van der Waals surface area contributed by atoms with Crippen LogP contribution in [0.15, 0.2) is 18.7 Å². The number of imidazole rings is 1. The molecule has 0 aromatic carbocycles. The molecule has 0 aliphatic rings. The molecule has 1 aromatic heterocycles. The molecule has 7 heteroatoms. The van der Waals surface area contributed by atoms with Gasteiger partial charge in [0, 0.05) is 25.5 Å². The van der Waals surface area contributed by atoms with Crippen LogP contribution in [0.25, 0.3) is 0 Å². The maximum atomic E-state index is 13.0. The van der Waals surface area contributed by atoms with Crippen LogP contribution in [0.5, 0.6) is 0 Å². The average Bonchev–Trinajstić information content (AvgIpc) is 3.73. The van der Waals surface area contributed by atoms with E-state index in [1.54, 1.807) is 0 Å². The summed E-state index contributed by atoms with van der Waals surface area (Å²) in [4.78, 5) is 32.9. The molecule has 328 valence electrons. The van der Waals surface area contributed by atoms with Crippen LogP contribution in [-0.2, 0) is 25.6 Å². The van der Waals surface area contributed by atoms with Crippen LogP contribution in [0.2, 0.25) is 0 Å². The molecule has 0 saturated carbocycles. The maximum Gasteiger partial charge on any atom is 0.308 e. The number of hydrogen-bond acceptors (Lipinski definition) is 6. The highest BCUT2D eigenvalue weighted by Crippen LogP contribution is 2.22. The third-order valence-corrected chi connectivity index (χ3v) is 11.8. The van der Waals surface area contributed by atoms with Crippen molar-refractivity contribution in [3.05, 3.63) is 18.7 Å². The SMILES string of the molecule is CCCCCCCCC(CCCCCC)C(=O)OCCCCCCN(CCCCCCOC(=O)C(CCCCCC)CCCCCCCC)CCn1ccnc1. The molecule has 1 aromatic rings. The Bertz CT molecular complexity index is 913. The quantitative estimate of drug-likeness (QED) is 0.0485. The van der Waals surface area contributed by atoms with Gasteiger partial charge in [-0.1, -0.05) is 182 Å². The standard InChI is InChI=1S/C49H93N3O4/c1-5-9-13-17-19-27-35-46(33-25-15-11-7-3)48(53)55-43-31-23-21-29-38-51(41-42-52-40-37-50-45-52)39-30-22-24-32-44-56-49(54)47(34-26-16-12-8-4)36-28-20-18-14-10-6-2/h37,40,45-47H,5-36,38-39,41-44H2,1-4H3. The smallest absolute Gasteiger partial charge is 0.308 e. The van der Waals surface area contributed by atoms with E-state index in [9.17, 15) is 9.59 Å². The van der Waals surface area contributed by atoms with E-state index in [0.717, 1.165) is 103 Å².